The van der Waals surface area contributed by atoms with Gasteiger partial charge in [-0.15, -0.1) is 23.3 Å². The molecule has 0 atom stereocenters. The second kappa shape index (κ2) is 4.54. The number of fused-ring (bicyclic) bond motifs is 1. The standard InChI is InChI=1S/C10H10NO2.Li/c12-11(13)10-7-3-5-8-4-1-2-6-9(8)10;/h1-2,4,6H,3,5,7H2;/q-1;+1. The summed E-state index contributed by atoms with van der Waals surface area (Å²) in [6.07, 6.45) is 2.46. The van der Waals surface area contributed by atoms with Gasteiger partial charge in [0.1, 0.15) is 6.04 Å². The van der Waals surface area contributed by atoms with Crippen LogP contribution in [0.5, 0.6) is 0 Å². The Morgan fingerprint density at radius 1 is 1.36 bits per heavy atom. The van der Waals surface area contributed by atoms with Gasteiger partial charge in [-0.1, -0.05) is 18.9 Å². The van der Waals surface area contributed by atoms with E-state index in [2.05, 4.69) is 0 Å². The molecule has 0 bridgehead atoms. The molecule has 3 nitrogen and oxygen atoms in total. The van der Waals surface area contributed by atoms with Crippen molar-refractivity contribution in [1.29, 1.82) is 0 Å². The predicted octanol–water partition coefficient (Wildman–Crippen LogP) is -0.816. The molecule has 68 valence electrons. The van der Waals surface area contributed by atoms with Gasteiger partial charge < -0.3 is 0 Å². The molecular weight excluding hydrogens is 173 g/mol. The predicted molar refractivity (Wildman–Crippen MR) is 48.7 cm³/mol. The normalized spacial score (nSPS) is 14.1. The number of rotatable bonds is 1. The molecule has 4 heteroatoms. The molecule has 14 heavy (non-hydrogen) atoms. The summed E-state index contributed by atoms with van der Waals surface area (Å²) >= 11 is 0. The summed E-state index contributed by atoms with van der Waals surface area (Å²) in [5, 5.41) is 10.7. The number of nitrogens with zero attached hydrogens (tertiary/aromatic N) is 1. The van der Waals surface area contributed by atoms with Crippen molar-refractivity contribution in [2.45, 2.75) is 19.3 Å². The van der Waals surface area contributed by atoms with E-state index in [1.54, 1.807) is 0 Å². The quantitative estimate of drug-likeness (QED) is 0.247. The number of hydrogen-bond donors (Lipinski definition) is 0. The number of benzene rings is 1. The summed E-state index contributed by atoms with van der Waals surface area (Å²) in [5.41, 5.74) is 1.94. The third-order valence-electron chi connectivity index (χ3n) is 2.41. The van der Waals surface area contributed by atoms with Gasteiger partial charge in [-0.3, -0.25) is 10.1 Å². The number of aryl methyl sites for hydroxylation is 1. The molecule has 0 aliphatic heterocycles. The zero-order valence-electron chi connectivity index (χ0n) is 8.19. The van der Waals surface area contributed by atoms with Gasteiger partial charge >= 0.3 is 18.9 Å². The Morgan fingerprint density at radius 3 is 2.79 bits per heavy atom. The van der Waals surface area contributed by atoms with E-state index in [9.17, 15) is 10.1 Å². The van der Waals surface area contributed by atoms with Gasteiger partial charge in [-0.2, -0.15) is 6.07 Å². The molecule has 1 aliphatic carbocycles. The van der Waals surface area contributed by atoms with Crippen LogP contribution >= 0.6 is 0 Å². The van der Waals surface area contributed by atoms with Crippen molar-refractivity contribution in [3.63, 3.8) is 0 Å². The summed E-state index contributed by atoms with van der Waals surface area (Å²) in [4.78, 5) is 10.4. The molecule has 0 saturated carbocycles. The van der Waals surface area contributed by atoms with Crippen molar-refractivity contribution >= 4 is 0 Å². The van der Waals surface area contributed by atoms with Crippen LogP contribution in [0.25, 0.3) is 0 Å². The van der Waals surface area contributed by atoms with Gasteiger partial charge in [0.25, 0.3) is 0 Å². The smallest absolute Gasteiger partial charge is 0.271 e. The second-order valence-electron chi connectivity index (χ2n) is 3.21. The first-order valence-corrected chi connectivity index (χ1v) is 4.37. The van der Waals surface area contributed by atoms with Gasteiger partial charge in [-0.25, -0.2) is 0 Å². The molecular formula is C10H10LiNO2. The van der Waals surface area contributed by atoms with Gasteiger partial charge in [0.15, 0.2) is 0 Å². The first-order valence-electron chi connectivity index (χ1n) is 4.37. The summed E-state index contributed by atoms with van der Waals surface area (Å²) in [6.45, 7) is 0. The Hall–Kier alpha value is -0.913. The van der Waals surface area contributed by atoms with Crippen LogP contribution < -0.4 is 18.9 Å². The van der Waals surface area contributed by atoms with Crippen LogP contribution in [0, 0.1) is 16.2 Å². The van der Waals surface area contributed by atoms with E-state index in [1.807, 2.05) is 24.3 Å². The summed E-state index contributed by atoms with van der Waals surface area (Å²) in [6, 6.07) is 7.97. The third kappa shape index (κ3) is 1.94. The van der Waals surface area contributed by atoms with Crippen LogP contribution in [0.3, 0.4) is 0 Å². The first kappa shape index (κ1) is 11.2. The maximum atomic E-state index is 10.7. The zero-order chi connectivity index (χ0) is 9.26. The van der Waals surface area contributed by atoms with Crippen molar-refractivity contribution in [3.8, 4) is 0 Å². The first-order chi connectivity index (χ1) is 6.29. The molecule has 0 N–H and O–H groups in total. The van der Waals surface area contributed by atoms with Crippen molar-refractivity contribution in [3.05, 3.63) is 51.5 Å². The minimum absolute atomic E-state index is 0. The Labute approximate surface area is 94.8 Å². The molecule has 0 spiro atoms. The third-order valence-corrected chi connectivity index (χ3v) is 2.41. The summed E-state index contributed by atoms with van der Waals surface area (Å²) < 4.78 is 0. The van der Waals surface area contributed by atoms with E-state index in [-0.39, 0.29) is 23.8 Å². The van der Waals surface area contributed by atoms with E-state index in [1.165, 1.54) is 0 Å². The molecule has 0 heterocycles. The average molecular weight is 183 g/mol. The van der Waals surface area contributed by atoms with Gasteiger partial charge in [0.2, 0.25) is 0 Å². The molecule has 2 rings (SSSR count). The van der Waals surface area contributed by atoms with Crippen LogP contribution in [0.2, 0.25) is 0 Å². The minimum atomic E-state index is -0.252. The average Bonchev–Trinajstić information content (AvgIpc) is 2.17. The summed E-state index contributed by atoms with van der Waals surface area (Å²) in [5.74, 6) is 0. The molecule has 1 aliphatic rings. The van der Waals surface area contributed by atoms with Gasteiger partial charge in [-0.05, 0) is 11.3 Å². The van der Waals surface area contributed by atoms with Crippen LogP contribution in [0.1, 0.15) is 24.0 Å². The van der Waals surface area contributed by atoms with Gasteiger partial charge in [0, 0.05) is 0 Å². The van der Waals surface area contributed by atoms with E-state index in [0.717, 1.165) is 24.0 Å². The Bertz CT molecular complexity index is 341. The molecule has 1 aromatic rings. The maximum Gasteiger partial charge on any atom is 1.00 e. The van der Waals surface area contributed by atoms with Gasteiger partial charge in [0.05, 0.1) is 0 Å². The van der Waals surface area contributed by atoms with E-state index in [4.69, 9.17) is 0 Å². The van der Waals surface area contributed by atoms with Crippen molar-refractivity contribution in [2.75, 3.05) is 0 Å². The Kier molecular flexibility index (Phi) is 3.62. The topological polar surface area (TPSA) is 43.1 Å². The van der Waals surface area contributed by atoms with Crippen LogP contribution in [-0.2, 0) is 6.42 Å². The van der Waals surface area contributed by atoms with Crippen LogP contribution in [-0.4, -0.2) is 4.92 Å². The SMILES string of the molecule is O=[N+]([O-])[C-]1CCCc2ccccc21.[Li+]. The second-order valence-corrected chi connectivity index (χ2v) is 3.21. The molecule has 0 unspecified atom stereocenters. The largest absolute Gasteiger partial charge is 1.00 e. The van der Waals surface area contributed by atoms with E-state index < -0.39 is 0 Å². The van der Waals surface area contributed by atoms with Crippen LogP contribution in [0.15, 0.2) is 24.3 Å². The van der Waals surface area contributed by atoms with E-state index in [0.29, 0.717) is 12.5 Å². The number of hydrogen-bond acceptors (Lipinski definition) is 2. The van der Waals surface area contributed by atoms with Crippen molar-refractivity contribution in [1.82, 2.24) is 0 Å². The fraction of sp³-hybridized carbons (Fsp3) is 0.300. The van der Waals surface area contributed by atoms with Crippen LogP contribution in [0.4, 0.5) is 0 Å². The monoisotopic (exact) mass is 183 g/mol. The Morgan fingerprint density at radius 2 is 2.07 bits per heavy atom. The summed E-state index contributed by atoms with van der Waals surface area (Å²) in [7, 11) is 0. The number of nitro groups is 1. The molecule has 0 fully saturated rings. The molecule has 0 saturated heterocycles. The molecule has 0 radical (unpaired) electrons. The Balaban J connectivity index is 0.000000980. The van der Waals surface area contributed by atoms with Crippen molar-refractivity contribution in [2.24, 2.45) is 0 Å². The fourth-order valence-electron chi connectivity index (χ4n) is 1.79. The minimum Gasteiger partial charge on any atom is -0.271 e. The maximum absolute atomic E-state index is 10.7. The molecule has 1 aromatic carbocycles. The molecule has 0 amide bonds. The van der Waals surface area contributed by atoms with Crippen molar-refractivity contribution < 1.29 is 23.8 Å². The fourth-order valence-corrected chi connectivity index (χ4v) is 1.79. The van der Waals surface area contributed by atoms with E-state index >= 15 is 0 Å². The molecule has 0 aromatic heterocycles. The zero-order valence-corrected chi connectivity index (χ0v) is 8.19.